The van der Waals surface area contributed by atoms with Crippen molar-refractivity contribution in [2.24, 2.45) is 0 Å². The van der Waals surface area contributed by atoms with Gasteiger partial charge in [-0.2, -0.15) is 0 Å². The molecule has 0 N–H and O–H groups in total. The number of rotatable bonds is 7. The number of carbonyl (C=O) groups is 1. The fraction of sp³-hybridized carbons (Fsp3) is 0.387. The number of nitrogens with zero attached hydrogens (tertiary/aromatic N) is 2. The van der Waals surface area contributed by atoms with Crippen molar-refractivity contribution in [3.63, 3.8) is 0 Å². The van der Waals surface area contributed by atoms with Crippen molar-refractivity contribution in [2.75, 3.05) is 32.8 Å². The number of amides is 1. The minimum Gasteiger partial charge on any atom is -0.447 e. The van der Waals surface area contributed by atoms with E-state index in [1.807, 2.05) is 11.8 Å². The monoisotopic (exact) mass is 534 g/mol. The van der Waals surface area contributed by atoms with Gasteiger partial charge in [0.25, 0.3) is 0 Å². The Morgan fingerprint density at radius 2 is 1.50 bits per heavy atom. The molecule has 1 amide bonds. The van der Waals surface area contributed by atoms with Gasteiger partial charge in [-0.1, -0.05) is 60.6 Å². The van der Waals surface area contributed by atoms with Gasteiger partial charge in [-0.25, -0.2) is 13.6 Å². The van der Waals surface area contributed by atoms with Gasteiger partial charge in [0.15, 0.2) is 11.6 Å². The predicted octanol–water partition coefficient (Wildman–Crippen LogP) is 7.18. The standard InChI is InChI=1S/C31H32F2N2O2S/c32-25-13-12-22(20-26(25)33)27-21-37-30(36)35(27)17-7-1-6-16-34-18-14-31(15-19-34)23-8-2-4-10-28(23)38-29-11-5-3-9-24(29)31/h2-5,8-13,20,27H,1,6-7,14-19,21H2/t27-/m1/s1. The largest absolute Gasteiger partial charge is 0.447 e. The summed E-state index contributed by atoms with van der Waals surface area (Å²) in [5.74, 6) is -1.78. The number of hydrogen-bond acceptors (Lipinski definition) is 4. The van der Waals surface area contributed by atoms with Crippen molar-refractivity contribution in [1.29, 1.82) is 0 Å². The van der Waals surface area contributed by atoms with Crippen molar-refractivity contribution < 1.29 is 18.3 Å². The summed E-state index contributed by atoms with van der Waals surface area (Å²) in [7, 11) is 0. The van der Waals surface area contributed by atoms with Gasteiger partial charge in [0.1, 0.15) is 6.61 Å². The van der Waals surface area contributed by atoms with Crippen LogP contribution in [0, 0.1) is 11.6 Å². The van der Waals surface area contributed by atoms with Gasteiger partial charge in [0.2, 0.25) is 0 Å². The molecule has 198 valence electrons. The van der Waals surface area contributed by atoms with Crippen molar-refractivity contribution >= 4 is 17.9 Å². The van der Waals surface area contributed by atoms with Crippen LogP contribution in [0.15, 0.2) is 76.5 Å². The number of ether oxygens (including phenoxy) is 1. The van der Waals surface area contributed by atoms with E-state index in [9.17, 15) is 13.6 Å². The van der Waals surface area contributed by atoms with Crippen LogP contribution >= 0.6 is 11.8 Å². The Morgan fingerprint density at radius 1 is 0.842 bits per heavy atom. The molecule has 1 atom stereocenters. The molecule has 2 fully saturated rings. The van der Waals surface area contributed by atoms with Crippen LogP contribution < -0.4 is 0 Å². The lowest BCUT2D eigenvalue weighted by molar-refractivity contribution is 0.156. The normalized spacial score (nSPS) is 20.3. The summed E-state index contributed by atoms with van der Waals surface area (Å²) in [4.78, 5) is 19.3. The SMILES string of the molecule is O=C1OC[C@H](c2ccc(F)c(F)c2)N1CCCCCN1CCC2(CC1)c1ccccc1Sc1ccccc12. The van der Waals surface area contributed by atoms with E-state index in [0.717, 1.165) is 57.8 Å². The molecular weight excluding hydrogens is 502 g/mol. The number of likely N-dealkylation sites (tertiary alicyclic amines) is 1. The zero-order valence-corrected chi connectivity index (χ0v) is 22.2. The second-order valence-electron chi connectivity index (χ2n) is 10.5. The Hall–Kier alpha value is -2.90. The molecule has 6 rings (SSSR count). The quantitative estimate of drug-likeness (QED) is 0.301. The fourth-order valence-corrected chi connectivity index (χ4v) is 7.63. The second-order valence-corrected chi connectivity index (χ2v) is 11.6. The summed E-state index contributed by atoms with van der Waals surface area (Å²) >= 11 is 1.89. The molecule has 0 aromatic heterocycles. The summed E-state index contributed by atoms with van der Waals surface area (Å²) in [5.41, 5.74) is 3.63. The topological polar surface area (TPSA) is 32.8 Å². The van der Waals surface area contributed by atoms with Crippen LogP contribution in [0.2, 0.25) is 0 Å². The summed E-state index contributed by atoms with van der Waals surface area (Å²) in [5, 5.41) is 0. The Kier molecular flexibility index (Phi) is 7.14. The third-order valence-corrected chi connectivity index (χ3v) is 9.56. The molecule has 7 heteroatoms. The third kappa shape index (κ3) is 4.71. The molecule has 3 aliphatic rings. The molecule has 1 spiro atoms. The molecular formula is C31H32F2N2O2S. The van der Waals surface area contributed by atoms with E-state index in [-0.39, 0.29) is 24.2 Å². The highest BCUT2D eigenvalue weighted by Crippen LogP contribution is 2.53. The van der Waals surface area contributed by atoms with Gasteiger partial charge < -0.3 is 9.64 Å². The smallest absolute Gasteiger partial charge is 0.410 e. The van der Waals surface area contributed by atoms with Gasteiger partial charge >= 0.3 is 6.09 Å². The highest BCUT2D eigenvalue weighted by Gasteiger charge is 2.43. The highest BCUT2D eigenvalue weighted by molar-refractivity contribution is 7.99. The van der Waals surface area contributed by atoms with Gasteiger partial charge in [-0.05, 0) is 86.3 Å². The summed E-state index contributed by atoms with van der Waals surface area (Å²) in [6, 6.07) is 21.2. The number of benzene rings is 3. The van der Waals surface area contributed by atoms with Crippen LogP contribution in [-0.4, -0.2) is 48.7 Å². The van der Waals surface area contributed by atoms with Crippen molar-refractivity contribution in [1.82, 2.24) is 9.80 Å². The maximum Gasteiger partial charge on any atom is 0.410 e. The van der Waals surface area contributed by atoms with Crippen molar-refractivity contribution in [3.8, 4) is 0 Å². The maximum atomic E-state index is 13.7. The molecule has 3 aromatic rings. The van der Waals surface area contributed by atoms with Gasteiger partial charge in [-0.3, -0.25) is 4.90 Å². The first kappa shape index (κ1) is 25.4. The zero-order chi connectivity index (χ0) is 26.1. The second kappa shape index (κ2) is 10.7. The van der Waals surface area contributed by atoms with E-state index < -0.39 is 11.6 Å². The van der Waals surface area contributed by atoms with Gasteiger partial charge in [0, 0.05) is 21.8 Å². The lowest BCUT2D eigenvalue weighted by atomic mass is 9.67. The van der Waals surface area contributed by atoms with Crippen molar-refractivity contribution in [3.05, 3.63) is 95.1 Å². The van der Waals surface area contributed by atoms with Crippen LogP contribution in [-0.2, 0) is 10.2 Å². The van der Waals surface area contributed by atoms with Gasteiger partial charge in [0.05, 0.1) is 6.04 Å². The molecule has 3 aromatic carbocycles. The number of hydrogen-bond donors (Lipinski definition) is 0. The minimum atomic E-state index is -0.899. The van der Waals surface area contributed by atoms with E-state index >= 15 is 0 Å². The van der Waals surface area contributed by atoms with Crippen molar-refractivity contribution in [2.45, 2.75) is 53.4 Å². The average Bonchev–Trinajstić information content (AvgIpc) is 3.31. The Labute approximate surface area is 227 Å². The van der Waals surface area contributed by atoms with Crippen LogP contribution in [0.3, 0.4) is 0 Å². The first-order valence-corrected chi connectivity index (χ1v) is 14.3. The molecule has 3 aliphatic heterocycles. The lowest BCUT2D eigenvalue weighted by Crippen LogP contribution is -2.44. The first-order chi connectivity index (χ1) is 18.5. The number of carbonyl (C=O) groups excluding carboxylic acids is 1. The average molecular weight is 535 g/mol. The van der Waals surface area contributed by atoms with Crippen LogP contribution in [0.25, 0.3) is 0 Å². The Bertz CT molecular complexity index is 1280. The summed E-state index contributed by atoms with van der Waals surface area (Å²) in [6.45, 7) is 3.92. The predicted molar refractivity (Wildman–Crippen MR) is 144 cm³/mol. The molecule has 0 bridgehead atoms. The Balaban J connectivity index is 1.02. The zero-order valence-electron chi connectivity index (χ0n) is 21.4. The van der Waals surface area contributed by atoms with Gasteiger partial charge in [-0.15, -0.1) is 0 Å². The molecule has 38 heavy (non-hydrogen) atoms. The third-order valence-electron chi connectivity index (χ3n) is 8.41. The van der Waals surface area contributed by atoms with Crippen LogP contribution in [0.1, 0.15) is 54.8 Å². The summed E-state index contributed by atoms with van der Waals surface area (Å²) < 4.78 is 32.3. The molecule has 0 radical (unpaired) electrons. The molecule has 0 saturated carbocycles. The molecule has 3 heterocycles. The number of fused-ring (bicyclic) bond motifs is 4. The van der Waals surface area contributed by atoms with Crippen LogP contribution in [0.5, 0.6) is 0 Å². The number of unbranched alkanes of at least 4 members (excludes halogenated alkanes) is 2. The van der Waals surface area contributed by atoms with E-state index in [1.165, 1.54) is 33.1 Å². The number of halogens is 2. The molecule has 2 saturated heterocycles. The molecule has 0 unspecified atom stereocenters. The number of cyclic esters (lactones) is 1. The van der Waals surface area contributed by atoms with E-state index in [0.29, 0.717) is 12.1 Å². The Morgan fingerprint density at radius 3 is 2.18 bits per heavy atom. The molecule has 0 aliphatic carbocycles. The van der Waals surface area contributed by atoms with Crippen LogP contribution in [0.4, 0.5) is 13.6 Å². The summed E-state index contributed by atoms with van der Waals surface area (Å²) in [6.07, 6.45) is 4.78. The maximum absolute atomic E-state index is 13.7. The fourth-order valence-electron chi connectivity index (χ4n) is 6.35. The number of piperidine rings is 1. The lowest BCUT2D eigenvalue weighted by Gasteiger charge is -2.46. The van der Waals surface area contributed by atoms with E-state index in [2.05, 4.69) is 53.4 Å². The first-order valence-electron chi connectivity index (χ1n) is 13.5. The minimum absolute atomic E-state index is 0.0971. The van der Waals surface area contributed by atoms with E-state index in [4.69, 9.17) is 4.74 Å². The van der Waals surface area contributed by atoms with E-state index in [1.54, 1.807) is 4.90 Å². The molecule has 4 nitrogen and oxygen atoms in total. The highest BCUT2D eigenvalue weighted by atomic mass is 32.2.